The van der Waals surface area contributed by atoms with Gasteiger partial charge in [-0.05, 0) is 31.6 Å². The Labute approximate surface area is 147 Å². The van der Waals surface area contributed by atoms with Crippen molar-refractivity contribution in [2.75, 3.05) is 0 Å². The van der Waals surface area contributed by atoms with Gasteiger partial charge in [0.25, 0.3) is 0 Å². The second-order valence-electron chi connectivity index (χ2n) is 7.71. The summed E-state index contributed by atoms with van der Waals surface area (Å²) < 4.78 is 0. The molecule has 0 aromatic rings. The Morgan fingerprint density at radius 1 is 0.565 bits per heavy atom. The highest BCUT2D eigenvalue weighted by Gasteiger charge is 2.34. The van der Waals surface area contributed by atoms with Crippen molar-refractivity contribution in [1.82, 2.24) is 0 Å². The Balaban J connectivity index is 4.50. The van der Waals surface area contributed by atoms with Crippen LogP contribution in [-0.4, -0.2) is 10.7 Å². The van der Waals surface area contributed by atoms with E-state index in [0.717, 1.165) is 12.8 Å². The van der Waals surface area contributed by atoms with E-state index in [9.17, 15) is 5.11 Å². The van der Waals surface area contributed by atoms with Crippen molar-refractivity contribution in [1.29, 1.82) is 0 Å². The molecule has 0 amide bonds. The van der Waals surface area contributed by atoms with Crippen molar-refractivity contribution in [3.8, 4) is 0 Å². The van der Waals surface area contributed by atoms with Gasteiger partial charge in [0.15, 0.2) is 0 Å². The first kappa shape index (κ1) is 23.0. The van der Waals surface area contributed by atoms with Gasteiger partial charge in [-0.15, -0.1) is 0 Å². The molecule has 0 saturated heterocycles. The molecule has 0 aromatic heterocycles. The molecule has 140 valence electrons. The molecule has 1 N–H and O–H groups in total. The van der Waals surface area contributed by atoms with Gasteiger partial charge < -0.3 is 5.11 Å². The van der Waals surface area contributed by atoms with Crippen molar-refractivity contribution in [3.05, 3.63) is 0 Å². The second-order valence-corrected chi connectivity index (χ2v) is 7.71. The Bertz CT molecular complexity index is 228. The van der Waals surface area contributed by atoms with E-state index in [1.807, 2.05) is 0 Å². The van der Waals surface area contributed by atoms with E-state index in [2.05, 4.69) is 27.7 Å². The fourth-order valence-corrected chi connectivity index (χ4v) is 3.80. The summed E-state index contributed by atoms with van der Waals surface area (Å²) in [5.41, 5.74) is -0.384. The lowest BCUT2D eigenvalue weighted by Crippen LogP contribution is -2.38. The highest BCUT2D eigenvalue weighted by molar-refractivity contribution is 4.86. The normalized spacial score (nSPS) is 13.4. The fraction of sp³-hybridized carbons (Fsp3) is 1.00. The van der Waals surface area contributed by atoms with Crippen LogP contribution in [0.5, 0.6) is 0 Å². The predicted molar refractivity (Wildman–Crippen MR) is 105 cm³/mol. The van der Waals surface area contributed by atoms with Gasteiger partial charge in [0.1, 0.15) is 0 Å². The standard InChI is InChI=1S/C22H46O/c1-5-9-13-14-15-16-18-21(17-10-6-2)22(23,19-11-7-3)20-12-8-4/h21,23H,5-20H2,1-4H3. The largest absolute Gasteiger partial charge is 0.390 e. The average molecular weight is 327 g/mol. The molecule has 0 aromatic carbocycles. The molecule has 0 saturated carbocycles. The van der Waals surface area contributed by atoms with Crippen LogP contribution in [0, 0.1) is 5.92 Å². The van der Waals surface area contributed by atoms with Crippen LogP contribution in [0.3, 0.4) is 0 Å². The summed E-state index contributed by atoms with van der Waals surface area (Å²) in [5, 5.41) is 11.4. The Hall–Kier alpha value is -0.0400. The van der Waals surface area contributed by atoms with Crippen molar-refractivity contribution in [2.45, 2.75) is 136 Å². The van der Waals surface area contributed by atoms with E-state index in [0.29, 0.717) is 5.92 Å². The molecule has 0 spiro atoms. The summed E-state index contributed by atoms with van der Waals surface area (Å²) in [6.07, 6.45) is 20.0. The molecule has 1 unspecified atom stereocenters. The van der Waals surface area contributed by atoms with E-state index in [1.54, 1.807) is 0 Å². The van der Waals surface area contributed by atoms with Crippen LogP contribution < -0.4 is 0 Å². The number of unbranched alkanes of at least 4 members (excludes halogenated alkanes) is 8. The zero-order chi connectivity index (χ0) is 17.4. The van der Waals surface area contributed by atoms with E-state index in [-0.39, 0.29) is 5.60 Å². The molecule has 0 fully saturated rings. The van der Waals surface area contributed by atoms with Crippen molar-refractivity contribution in [3.63, 3.8) is 0 Å². The minimum Gasteiger partial charge on any atom is -0.390 e. The Morgan fingerprint density at radius 3 is 1.52 bits per heavy atom. The van der Waals surface area contributed by atoms with Gasteiger partial charge in [-0.2, -0.15) is 0 Å². The topological polar surface area (TPSA) is 20.2 Å². The van der Waals surface area contributed by atoms with Crippen molar-refractivity contribution >= 4 is 0 Å². The van der Waals surface area contributed by atoms with Gasteiger partial charge >= 0.3 is 0 Å². The van der Waals surface area contributed by atoms with Crippen LogP contribution in [0.4, 0.5) is 0 Å². The SMILES string of the molecule is CCCCCCCCC(CCCC)C(O)(CCCC)CCCC. The average Bonchev–Trinajstić information content (AvgIpc) is 2.56. The van der Waals surface area contributed by atoms with E-state index >= 15 is 0 Å². The molecule has 23 heavy (non-hydrogen) atoms. The van der Waals surface area contributed by atoms with Gasteiger partial charge in [0, 0.05) is 0 Å². The monoisotopic (exact) mass is 326 g/mol. The molecule has 0 bridgehead atoms. The first-order chi connectivity index (χ1) is 11.1. The molecule has 0 radical (unpaired) electrons. The minimum absolute atomic E-state index is 0.384. The number of hydrogen-bond donors (Lipinski definition) is 1. The first-order valence-corrected chi connectivity index (χ1v) is 10.9. The molecule has 1 heteroatoms. The molecule has 0 rings (SSSR count). The van der Waals surface area contributed by atoms with Gasteiger partial charge in [-0.25, -0.2) is 0 Å². The lowest BCUT2D eigenvalue weighted by Gasteiger charge is -2.37. The predicted octanol–water partition coefficient (Wildman–Crippen LogP) is 7.65. The molecule has 0 heterocycles. The molecular weight excluding hydrogens is 280 g/mol. The van der Waals surface area contributed by atoms with Gasteiger partial charge in [0.2, 0.25) is 0 Å². The third-order valence-electron chi connectivity index (χ3n) is 5.50. The number of rotatable bonds is 17. The summed E-state index contributed by atoms with van der Waals surface area (Å²) in [6.45, 7) is 9.05. The number of hydrogen-bond acceptors (Lipinski definition) is 1. The second kappa shape index (κ2) is 15.5. The van der Waals surface area contributed by atoms with Gasteiger partial charge in [-0.3, -0.25) is 0 Å². The van der Waals surface area contributed by atoms with E-state index in [1.165, 1.54) is 89.9 Å². The molecular formula is C22H46O. The maximum atomic E-state index is 11.4. The lowest BCUT2D eigenvalue weighted by atomic mass is 9.74. The van der Waals surface area contributed by atoms with Gasteiger partial charge in [-0.1, -0.05) is 105 Å². The summed E-state index contributed by atoms with van der Waals surface area (Å²) in [5.74, 6) is 0.534. The third kappa shape index (κ3) is 11.2. The van der Waals surface area contributed by atoms with Crippen molar-refractivity contribution in [2.24, 2.45) is 5.92 Å². The van der Waals surface area contributed by atoms with Crippen LogP contribution in [0.25, 0.3) is 0 Å². The Kier molecular flexibility index (Phi) is 15.5. The maximum Gasteiger partial charge on any atom is 0.0675 e. The minimum atomic E-state index is -0.384. The summed E-state index contributed by atoms with van der Waals surface area (Å²) in [4.78, 5) is 0. The van der Waals surface area contributed by atoms with E-state index < -0.39 is 0 Å². The molecule has 0 aliphatic rings. The molecule has 0 aliphatic heterocycles. The van der Waals surface area contributed by atoms with Crippen molar-refractivity contribution < 1.29 is 5.11 Å². The summed E-state index contributed by atoms with van der Waals surface area (Å²) in [7, 11) is 0. The zero-order valence-electron chi connectivity index (χ0n) is 16.8. The van der Waals surface area contributed by atoms with Gasteiger partial charge in [0.05, 0.1) is 5.60 Å². The quantitative estimate of drug-likeness (QED) is 0.272. The van der Waals surface area contributed by atoms with Crippen LogP contribution >= 0.6 is 0 Å². The fourth-order valence-electron chi connectivity index (χ4n) is 3.80. The summed E-state index contributed by atoms with van der Waals surface area (Å²) >= 11 is 0. The molecule has 1 nitrogen and oxygen atoms in total. The first-order valence-electron chi connectivity index (χ1n) is 10.9. The maximum absolute atomic E-state index is 11.4. The molecule has 1 atom stereocenters. The third-order valence-corrected chi connectivity index (χ3v) is 5.50. The van der Waals surface area contributed by atoms with Crippen LogP contribution in [-0.2, 0) is 0 Å². The lowest BCUT2D eigenvalue weighted by molar-refractivity contribution is -0.0449. The Morgan fingerprint density at radius 2 is 1.00 bits per heavy atom. The zero-order valence-corrected chi connectivity index (χ0v) is 16.8. The number of aliphatic hydroxyl groups is 1. The molecule has 0 aliphatic carbocycles. The highest BCUT2D eigenvalue weighted by atomic mass is 16.3. The van der Waals surface area contributed by atoms with E-state index in [4.69, 9.17) is 0 Å². The smallest absolute Gasteiger partial charge is 0.0675 e. The van der Waals surface area contributed by atoms with Crippen LogP contribution in [0.15, 0.2) is 0 Å². The summed E-state index contributed by atoms with van der Waals surface area (Å²) in [6, 6.07) is 0. The highest BCUT2D eigenvalue weighted by Crippen LogP contribution is 2.36. The van der Waals surface area contributed by atoms with Crippen LogP contribution in [0.1, 0.15) is 130 Å². The van der Waals surface area contributed by atoms with Crippen LogP contribution in [0.2, 0.25) is 0 Å².